The third-order valence-electron chi connectivity index (χ3n) is 3.25. The lowest BCUT2D eigenvalue weighted by atomic mass is 9.82. The number of methoxy groups -OCH3 is 1. The molecule has 0 spiro atoms. The molecule has 0 aromatic heterocycles. The van der Waals surface area contributed by atoms with Gasteiger partial charge in [-0.15, -0.1) is 0 Å². The van der Waals surface area contributed by atoms with Crippen LogP contribution in [0.25, 0.3) is 0 Å². The monoisotopic (exact) mass is 237 g/mol. The molecule has 0 unspecified atom stereocenters. The smallest absolute Gasteiger partial charge is 0.123 e. The first-order chi connectivity index (χ1) is 8.19. The maximum Gasteiger partial charge on any atom is 0.123 e. The molecule has 1 aliphatic rings. The Hall–Kier alpha value is -1.26. The summed E-state index contributed by atoms with van der Waals surface area (Å²) in [5, 5.41) is 22.2. The van der Waals surface area contributed by atoms with Gasteiger partial charge < -0.3 is 20.3 Å². The predicted molar refractivity (Wildman–Crippen MR) is 65.1 cm³/mol. The summed E-state index contributed by atoms with van der Waals surface area (Å²) in [7, 11) is 1.58. The van der Waals surface area contributed by atoms with Crippen molar-refractivity contribution in [3.8, 4) is 11.5 Å². The number of hydrogen-bond acceptors (Lipinski definition) is 4. The van der Waals surface area contributed by atoms with Crippen LogP contribution in [0.1, 0.15) is 18.4 Å². The van der Waals surface area contributed by atoms with Gasteiger partial charge in [0.1, 0.15) is 11.5 Å². The minimum atomic E-state index is -0.101. The SMILES string of the molecule is COc1ccc(CNCC2CC(O)C2)c(O)c1. The molecule has 0 aliphatic heterocycles. The number of aliphatic hydroxyl groups excluding tert-OH is 1. The molecule has 3 N–H and O–H groups in total. The normalized spacial score (nSPS) is 23.2. The highest BCUT2D eigenvalue weighted by Crippen LogP contribution is 2.27. The van der Waals surface area contributed by atoms with Crippen molar-refractivity contribution in [3.63, 3.8) is 0 Å². The van der Waals surface area contributed by atoms with Crippen molar-refractivity contribution in [2.75, 3.05) is 13.7 Å². The average Bonchev–Trinajstić information content (AvgIpc) is 2.28. The molecule has 1 fully saturated rings. The van der Waals surface area contributed by atoms with Crippen LogP contribution in [-0.4, -0.2) is 30.0 Å². The van der Waals surface area contributed by atoms with Crippen LogP contribution in [0, 0.1) is 5.92 Å². The third-order valence-corrected chi connectivity index (χ3v) is 3.25. The Kier molecular flexibility index (Phi) is 3.86. The predicted octanol–water partition coefficient (Wildman–Crippen LogP) is 1.26. The van der Waals surface area contributed by atoms with E-state index in [1.54, 1.807) is 13.2 Å². The van der Waals surface area contributed by atoms with Gasteiger partial charge in [0.25, 0.3) is 0 Å². The van der Waals surface area contributed by atoms with Gasteiger partial charge in [-0.2, -0.15) is 0 Å². The molecule has 0 bridgehead atoms. The molecule has 1 aromatic rings. The first kappa shape index (κ1) is 12.2. The quantitative estimate of drug-likeness (QED) is 0.721. The fraction of sp³-hybridized carbons (Fsp3) is 0.538. The van der Waals surface area contributed by atoms with Crippen LogP contribution in [0.2, 0.25) is 0 Å². The van der Waals surface area contributed by atoms with Crippen molar-refractivity contribution in [1.82, 2.24) is 5.32 Å². The van der Waals surface area contributed by atoms with Gasteiger partial charge in [0.2, 0.25) is 0 Å². The van der Waals surface area contributed by atoms with Crippen LogP contribution in [0.4, 0.5) is 0 Å². The Bertz CT molecular complexity index is 375. The lowest BCUT2D eigenvalue weighted by Crippen LogP contribution is -2.35. The fourth-order valence-corrected chi connectivity index (χ4v) is 2.10. The first-order valence-electron chi connectivity index (χ1n) is 5.93. The summed E-state index contributed by atoms with van der Waals surface area (Å²) in [6.45, 7) is 1.53. The van der Waals surface area contributed by atoms with Crippen molar-refractivity contribution < 1.29 is 14.9 Å². The number of ether oxygens (including phenoxy) is 1. The van der Waals surface area contributed by atoms with Gasteiger partial charge in [-0.05, 0) is 31.4 Å². The second-order valence-electron chi connectivity index (χ2n) is 4.62. The molecule has 0 saturated heterocycles. The summed E-state index contributed by atoms with van der Waals surface area (Å²) < 4.78 is 5.02. The van der Waals surface area contributed by atoms with Crippen LogP contribution < -0.4 is 10.1 Å². The van der Waals surface area contributed by atoms with Gasteiger partial charge in [-0.3, -0.25) is 0 Å². The van der Waals surface area contributed by atoms with Crippen LogP contribution in [-0.2, 0) is 6.54 Å². The number of aromatic hydroxyl groups is 1. The minimum Gasteiger partial charge on any atom is -0.507 e. The second-order valence-corrected chi connectivity index (χ2v) is 4.62. The number of aliphatic hydroxyl groups is 1. The van der Waals surface area contributed by atoms with Crippen molar-refractivity contribution >= 4 is 0 Å². The van der Waals surface area contributed by atoms with E-state index in [4.69, 9.17) is 9.84 Å². The molecule has 0 radical (unpaired) electrons. The molecule has 2 rings (SSSR count). The Morgan fingerprint density at radius 2 is 2.18 bits per heavy atom. The Labute approximate surface area is 101 Å². The van der Waals surface area contributed by atoms with Crippen LogP contribution in [0.5, 0.6) is 11.5 Å². The summed E-state index contributed by atoms with van der Waals surface area (Å²) in [6.07, 6.45) is 1.68. The third kappa shape index (κ3) is 3.11. The molecule has 1 saturated carbocycles. The fourth-order valence-electron chi connectivity index (χ4n) is 2.10. The number of phenols is 1. The molecule has 0 atom stereocenters. The Morgan fingerprint density at radius 1 is 1.41 bits per heavy atom. The summed E-state index contributed by atoms with van der Waals surface area (Å²) in [5.74, 6) is 1.49. The van der Waals surface area contributed by atoms with Gasteiger partial charge in [-0.1, -0.05) is 6.07 Å². The molecule has 17 heavy (non-hydrogen) atoms. The maximum atomic E-state index is 9.74. The highest BCUT2D eigenvalue weighted by atomic mass is 16.5. The zero-order chi connectivity index (χ0) is 12.3. The molecule has 4 heteroatoms. The number of rotatable bonds is 5. The van der Waals surface area contributed by atoms with E-state index in [2.05, 4.69) is 5.32 Å². The summed E-state index contributed by atoms with van der Waals surface area (Å²) in [5.41, 5.74) is 0.866. The minimum absolute atomic E-state index is 0.101. The van der Waals surface area contributed by atoms with Crippen LogP contribution in [0.15, 0.2) is 18.2 Å². The van der Waals surface area contributed by atoms with E-state index >= 15 is 0 Å². The van der Waals surface area contributed by atoms with Crippen molar-refractivity contribution in [3.05, 3.63) is 23.8 Å². The van der Waals surface area contributed by atoms with E-state index in [0.717, 1.165) is 24.9 Å². The zero-order valence-corrected chi connectivity index (χ0v) is 10.0. The van der Waals surface area contributed by atoms with E-state index < -0.39 is 0 Å². The van der Waals surface area contributed by atoms with Gasteiger partial charge in [0, 0.05) is 18.2 Å². The molecular weight excluding hydrogens is 218 g/mol. The van der Waals surface area contributed by atoms with E-state index in [1.165, 1.54) is 0 Å². The summed E-state index contributed by atoms with van der Waals surface area (Å²) in [4.78, 5) is 0. The van der Waals surface area contributed by atoms with Gasteiger partial charge >= 0.3 is 0 Å². The van der Waals surface area contributed by atoms with Crippen molar-refractivity contribution in [1.29, 1.82) is 0 Å². The maximum absolute atomic E-state index is 9.74. The van der Waals surface area contributed by atoms with Gasteiger partial charge in [-0.25, -0.2) is 0 Å². The molecule has 1 aliphatic carbocycles. The van der Waals surface area contributed by atoms with E-state index in [1.807, 2.05) is 12.1 Å². The van der Waals surface area contributed by atoms with Crippen LogP contribution >= 0.6 is 0 Å². The van der Waals surface area contributed by atoms with E-state index in [-0.39, 0.29) is 11.9 Å². The van der Waals surface area contributed by atoms with Gasteiger partial charge in [0.05, 0.1) is 13.2 Å². The first-order valence-corrected chi connectivity index (χ1v) is 5.93. The molecular formula is C13H19NO3. The van der Waals surface area contributed by atoms with E-state index in [0.29, 0.717) is 18.2 Å². The van der Waals surface area contributed by atoms with Crippen molar-refractivity contribution in [2.45, 2.75) is 25.5 Å². The largest absolute Gasteiger partial charge is 0.507 e. The summed E-state index contributed by atoms with van der Waals surface area (Å²) in [6, 6.07) is 5.31. The Morgan fingerprint density at radius 3 is 2.76 bits per heavy atom. The lowest BCUT2D eigenvalue weighted by molar-refractivity contribution is 0.0429. The molecule has 94 valence electrons. The van der Waals surface area contributed by atoms with Crippen LogP contribution in [0.3, 0.4) is 0 Å². The number of phenolic OH excluding ortho intramolecular Hbond substituents is 1. The Balaban J connectivity index is 1.78. The average molecular weight is 237 g/mol. The molecule has 0 heterocycles. The van der Waals surface area contributed by atoms with E-state index in [9.17, 15) is 5.11 Å². The number of nitrogens with one attached hydrogen (secondary N) is 1. The lowest BCUT2D eigenvalue weighted by Gasteiger charge is -2.31. The molecule has 4 nitrogen and oxygen atoms in total. The van der Waals surface area contributed by atoms with Gasteiger partial charge in [0.15, 0.2) is 0 Å². The topological polar surface area (TPSA) is 61.7 Å². The summed E-state index contributed by atoms with van der Waals surface area (Å²) >= 11 is 0. The number of hydrogen-bond donors (Lipinski definition) is 3. The highest BCUT2D eigenvalue weighted by molar-refractivity contribution is 5.39. The molecule has 0 amide bonds. The second kappa shape index (κ2) is 5.38. The zero-order valence-electron chi connectivity index (χ0n) is 10.0. The molecule has 1 aromatic carbocycles. The number of benzene rings is 1. The highest BCUT2D eigenvalue weighted by Gasteiger charge is 2.26. The van der Waals surface area contributed by atoms with Crippen molar-refractivity contribution in [2.24, 2.45) is 5.92 Å². The standard InChI is InChI=1S/C13H19NO3/c1-17-12-3-2-10(13(16)6-12)8-14-7-9-4-11(15)5-9/h2-3,6,9,11,14-16H,4-5,7-8H2,1H3.